The molecule has 0 fully saturated rings. The maximum Gasteiger partial charge on any atom is 0.193 e. The molecule has 0 spiro atoms. The monoisotopic (exact) mass is 374 g/mol. The summed E-state index contributed by atoms with van der Waals surface area (Å²) < 4.78 is 15.9. The Kier molecular flexibility index (Phi) is 6.12. The van der Waals surface area contributed by atoms with Gasteiger partial charge in [-0.05, 0) is 22.8 Å². The highest BCUT2D eigenvalue weighted by atomic mass is 16.5. The van der Waals surface area contributed by atoms with E-state index in [2.05, 4.69) is 12.1 Å². The van der Waals surface area contributed by atoms with Crippen molar-refractivity contribution in [3.8, 4) is 28.4 Å². The summed E-state index contributed by atoms with van der Waals surface area (Å²) in [4.78, 5) is 12.8. The smallest absolute Gasteiger partial charge is 0.193 e. The number of hydrogen-bond acceptors (Lipinski definition) is 4. The second-order valence-corrected chi connectivity index (χ2v) is 6.09. The van der Waals surface area contributed by atoms with Crippen LogP contribution in [0.25, 0.3) is 17.2 Å². The van der Waals surface area contributed by atoms with Crippen molar-refractivity contribution in [1.82, 2.24) is 0 Å². The number of carbonyl (C=O) groups excluding carboxylic acids is 1. The Labute approximate surface area is 165 Å². The van der Waals surface area contributed by atoms with E-state index in [-0.39, 0.29) is 5.78 Å². The quantitative estimate of drug-likeness (QED) is 0.417. The van der Waals surface area contributed by atoms with Crippen molar-refractivity contribution in [2.24, 2.45) is 0 Å². The third-order valence-corrected chi connectivity index (χ3v) is 4.41. The first-order valence-electron chi connectivity index (χ1n) is 8.84. The topological polar surface area (TPSA) is 44.8 Å². The van der Waals surface area contributed by atoms with Crippen LogP contribution in [0.15, 0.2) is 72.8 Å². The van der Waals surface area contributed by atoms with Crippen molar-refractivity contribution in [2.45, 2.75) is 0 Å². The van der Waals surface area contributed by atoms with Crippen molar-refractivity contribution in [2.75, 3.05) is 21.3 Å². The van der Waals surface area contributed by atoms with E-state index in [9.17, 15) is 4.79 Å². The SMILES string of the molecule is COc1cc(OC)c(C(=O)/C=C/c2ccc(-c3ccccc3)cc2)c(OC)c1. The number of hydrogen-bond donors (Lipinski definition) is 0. The van der Waals surface area contributed by atoms with Gasteiger partial charge < -0.3 is 14.2 Å². The molecule has 0 N–H and O–H groups in total. The molecule has 4 nitrogen and oxygen atoms in total. The Bertz CT molecular complexity index is 948. The summed E-state index contributed by atoms with van der Waals surface area (Å²) in [5, 5.41) is 0. The first-order valence-corrected chi connectivity index (χ1v) is 8.84. The van der Waals surface area contributed by atoms with E-state index in [1.807, 2.05) is 42.5 Å². The fourth-order valence-corrected chi connectivity index (χ4v) is 2.92. The van der Waals surface area contributed by atoms with E-state index in [4.69, 9.17) is 14.2 Å². The Morgan fingerprint density at radius 3 is 1.86 bits per heavy atom. The summed E-state index contributed by atoms with van der Waals surface area (Å²) in [6.07, 6.45) is 3.30. The molecule has 3 aromatic carbocycles. The van der Waals surface area contributed by atoms with Crippen LogP contribution in [0.3, 0.4) is 0 Å². The fraction of sp³-hybridized carbons (Fsp3) is 0.125. The van der Waals surface area contributed by atoms with Crippen molar-refractivity contribution < 1.29 is 19.0 Å². The van der Waals surface area contributed by atoms with Gasteiger partial charge in [0.1, 0.15) is 22.8 Å². The molecule has 0 heterocycles. The van der Waals surface area contributed by atoms with Crippen LogP contribution in [0.5, 0.6) is 17.2 Å². The molecule has 0 bridgehead atoms. The molecule has 0 aliphatic carbocycles. The Balaban J connectivity index is 1.84. The van der Waals surface area contributed by atoms with Crippen LogP contribution in [0.4, 0.5) is 0 Å². The van der Waals surface area contributed by atoms with E-state index in [1.165, 1.54) is 20.3 Å². The molecule has 0 atom stereocenters. The summed E-state index contributed by atoms with van der Waals surface area (Å²) in [5.74, 6) is 1.17. The number of carbonyl (C=O) groups is 1. The van der Waals surface area contributed by atoms with Crippen molar-refractivity contribution in [3.05, 3.63) is 83.9 Å². The van der Waals surface area contributed by atoms with Crippen LogP contribution in [0.2, 0.25) is 0 Å². The van der Waals surface area contributed by atoms with Crippen LogP contribution in [0, 0.1) is 0 Å². The molecule has 0 amide bonds. The molecule has 3 rings (SSSR count). The van der Waals surface area contributed by atoms with Gasteiger partial charge in [-0.2, -0.15) is 0 Å². The van der Waals surface area contributed by atoms with Gasteiger partial charge in [0.2, 0.25) is 0 Å². The summed E-state index contributed by atoms with van der Waals surface area (Å²) in [6.45, 7) is 0. The normalized spacial score (nSPS) is 10.7. The predicted octanol–water partition coefficient (Wildman–Crippen LogP) is 5.28. The highest BCUT2D eigenvalue weighted by molar-refractivity contribution is 6.10. The molecule has 0 aliphatic heterocycles. The predicted molar refractivity (Wildman–Crippen MR) is 111 cm³/mol. The molecule has 4 heteroatoms. The van der Waals surface area contributed by atoms with Gasteiger partial charge in [-0.15, -0.1) is 0 Å². The maximum absolute atomic E-state index is 12.8. The van der Waals surface area contributed by atoms with Gasteiger partial charge in [0.05, 0.1) is 21.3 Å². The van der Waals surface area contributed by atoms with E-state index >= 15 is 0 Å². The highest BCUT2D eigenvalue weighted by Gasteiger charge is 2.18. The zero-order valence-corrected chi connectivity index (χ0v) is 16.1. The average molecular weight is 374 g/mol. The van der Waals surface area contributed by atoms with Gasteiger partial charge in [-0.3, -0.25) is 4.79 Å². The van der Waals surface area contributed by atoms with Crippen LogP contribution < -0.4 is 14.2 Å². The molecule has 0 aromatic heterocycles. The number of rotatable bonds is 7. The maximum atomic E-state index is 12.8. The van der Waals surface area contributed by atoms with Crippen molar-refractivity contribution in [3.63, 3.8) is 0 Å². The lowest BCUT2D eigenvalue weighted by Crippen LogP contribution is -2.03. The number of ketones is 1. The van der Waals surface area contributed by atoms with Crippen LogP contribution in [0.1, 0.15) is 15.9 Å². The highest BCUT2D eigenvalue weighted by Crippen LogP contribution is 2.34. The minimum atomic E-state index is -0.205. The number of ether oxygens (including phenoxy) is 3. The lowest BCUT2D eigenvalue weighted by Gasteiger charge is -2.13. The van der Waals surface area contributed by atoms with E-state index in [0.717, 1.165) is 16.7 Å². The zero-order chi connectivity index (χ0) is 19.9. The summed E-state index contributed by atoms with van der Waals surface area (Å²) in [7, 11) is 4.57. The molecule has 0 radical (unpaired) electrons. The molecule has 3 aromatic rings. The first kappa shape index (κ1) is 19.2. The molecule has 142 valence electrons. The van der Waals surface area contributed by atoms with Gasteiger partial charge in [-0.1, -0.05) is 60.7 Å². The third-order valence-electron chi connectivity index (χ3n) is 4.41. The van der Waals surface area contributed by atoms with Crippen molar-refractivity contribution in [1.29, 1.82) is 0 Å². The number of benzene rings is 3. The van der Waals surface area contributed by atoms with Crippen molar-refractivity contribution >= 4 is 11.9 Å². The summed E-state index contributed by atoms with van der Waals surface area (Å²) >= 11 is 0. The molecule has 0 saturated carbocycles. The second kappa shape index (κ2) is 8.91. The fourth-order valence-electron chi connectivity index (χ4n) is 2.92. The Morgan fingerprint density at radius 1 is 0.750 bits per heavy atom. The van der Waals surface area contributed by atoms with Crippen LogP contribution in [-0.4, -0.2) is 27.1 Å². The lowest BCUT2D eigenvalue weighted by atomic mass is 10.0. The molecule has 28 heavy (non-hydrogen) atoms. The largest absolute Gasteiger partial charge is 0.496 e. The van der Waals surface area contributed by atoms with Gasteiger partial charge >= 0.3 is 0 Å². The molecular weight excluding hydrogens is 352 g/mol. The summed E-state index contributed by atoms with van der Waals surface area (Å²) in [5.41, 5.74) is 3.58. The number of methoxy groups -OCH3 is 3. The number of allylic oxidation sites excluding steroid dienone is 1. The minimum Gasteiger partial charge on any atom is -0.496 e. The molecular formula is C24H22O4. The van der Waals surface area contributed by atoms with Crippen LogP contribution in [-0.2, 0) is 0 Å². The van der Waals surface area contributed by atoms with Gasteiger partial charge in [0.15, 0.2) is 5.78 Å². The standard InChI is InChI=1S/C24H22O4/c1-26-20-15-22(27-2)24(23(16-20)28-3)21(25)14-11-17-9-12-19(13-10-17)18-7-5-4-6-8-18/h4-16H,1-3H3/b14-11+. The summed E-state index contributed by atoms with van der Waals surface area (Å²) in [6, 6.07) is 21.5. The molecule has 0 unspecified atom stereocenters. The molecule has 0 aliphatic rings. The second-order valence-electron chi connectivity index (χ2n) is 6.09. The lowest BCUT2D eigenvalue weighted by molar-refractivity contribution is 0.104. The minimum absolute atomic E-state index is 0.205. The van der Waals surface area contributed by atoms with Gasteiger partial charge in [0.25, 0.3) is 0 Å². The Hall–Kier alpha value is -3.53. The Morgan fingerprint density at radius 2 is 1.32 bits per heavy atom. The van der Waals surface area contributed by atoms with Crippen LogP contribution >= 0.6 is 0 Å². The third kappa shape index (κ3) is 4.23. The van der Waals surface area contributed by atoms with E-state index in [1.54, 1.807) is 25.3 Å². The van der Waals surface area contributed by atoms with Gasteiger partial charge in [-0.25, -0.2) is 0 Å². The van der Waals surface area contributed by atoms with E-state index < -0.39 is 0 Å². The van der Waals surface area contributed by atoms with E-state index in [0.29, 0.717) is 22.8 Å². The van der Waals surface area contributed by atoms with Gasteiger partial charge in [0, 0.05) is 12.1 Å². The molecule has 0 saturated heterocycles. The zero-order valence-electron chi connectivity index (χ0n) is 16.1. The average Bonchev–Trinajstić information content (AvgIpc) is 2.77. The first-order chi connectivity index (χ1) is 13.7.